The second-order valence-corrected chi connectivity index (χ2v) is 2.65. The van der Waals surface area contributed by atoms with Crippen LogP contribution in [-0.4, -0.2) is 23.2 Å². The Labute approximate surface area is 85.8 Å². The molecule has 0 unspecified atom stereocenters. The molecule has 1 heterocycles. The van der Waals surface area contributed by atoms with Crippen molar-refractivity contribution in [2.24, 2.45) is 0 Å². The van der Waals surface area contributed by atoms with Gasteiger partial charge in [0.15, 0.2) is 0 Å². The number of hydrogen-bond donors (Lipinski definition) is 0. The highest BCUT2D eigenvalue weighted by Crippen LogP contribution is 2.36. The standard InChI is InChI=1S/C8H4F5NO2/c9-7(10,11)8(12,13)16-6(15)5-2-1-3-14-4-5/h1-4H. The lowest BCUT2D eigenvalue weighted by molar-refractivity contribution is -0.370. The van der Waals surface area contributed by atoms with Crippen molar-refractivity contribution in [3.63, 3.8) is 0 Å². The smallest absolute Gasteiger partial charge is 0.390 e. The van der Waals surface area contributed by atoms with Crippen molar-refractivity contribution in [2.45, 2.75) is 12.3 Å². The largest absolute Gasteiger partial charge is 0.501 e. The summed E-state index contributed by atoms with van der Waals surface area (Å²) in [5, 5.41) is 0. The Balaban J connectivity index is 2.80. The zero-order valence-corrected chi connectivity index (χ0v) is 7.46. The van der Waals surface area contributed by atoms with Gasteiger partial charge in [0.2, 0.25) is 0 Å². The van der Waals surface area contributed by atoms with Crippen molar-refractivity contribution >= 4 is 5.97 Å². The Bertz CT molecular complexity index is 376. The fraction of sp³-hybridized carbons (Fsp3) is 0.250. The molecule has 0 radical (unpaired) electrons. The van der Waals surface area contributed by atoms with Crippen molar-refractivity contribution in [2.75, 3.05) is 0 Å². The maximum Gasteiger partial charge on any atom is 0.501 e. The fourth-order valence-electron chi connectivity index (χ4n) is 0.717. The van der Waals surface area contributed by atoms with Crippen LogP contribution in [0.25, 0.3) is 0 Å². The minimum absolute atomic E-state index is 0.494. The predicted octanol–water partition coefficient (Wildman–Crippen LogP) is 2.39. The molecule has 3 nitrogen and oxygen atoms in total. The van der Waals surface area contributed by atoms with Gasteiger partial charge in [-0.1, -0.05) is 0 Å². The van der Waals surface area contributed by atoms with Crippen LogP contribution in [0.1, 0.15) is 10.4 Å². The van der Waals surface area contributed by atoms with Crippen molar-refractivity contribution in [3.05, 3.63) is 30.1 Å². The summed E-state index contributed by atoms with van der Waals surface area (Å²) in [6.07, 6.45) is -9.42. The van der Waals surface area contributed by atoms with E-state index in [0.717, 1.165) is 12.3 Å². The Morgan fingerprint density at radius 1 is 1.25 bits per heavy atom. The summed E-state index contributed by atoms with van der Waals surface area (Å²) < 4.78 is 62.6. The summed E-state index contributed by atoms with van der Waals surface area (Å²) >= 11 is 0. The Morgan fingerprint density at radius 3 is 2.31 bits per heavy atom. The van der Waals surface area contributed by atoms with Gasteiger partial charge in [-0.2, -0.15) is 22.0 Å². The lowest BCUT2D eigenvalue weighted by atomic mass is 10.3. The molecule has 0 saturated carbocycles. The quantitative estimate of drug-likeness (QED) is 0.589. The van der Waals surface area contributed by atoms with E-state index in [4.69, 9.17) is 0 Å². The van der Waals surface area contributed by atoms with Crippen LogP contribution in [0.15, 0.2) is 24.5 Å². The fourth-order valence-corrected chi connectivity index (χ4v) is 0.717. The number of halogens is 5. The summed E-state index contributed by atoms with van der Waals surface area (Å²) in [7, 11) is 0. The van der Waals surface area contributed by atoms with Gasteiger partial charge in [-0.05, 0) is 12.1 Å². The molecule has 0 N–H and O–H groups in total. The van der Waals surface area contributed by atoms with Crippen LogP contribution in [-0.2, 0) is 4.74 Å². The monoisotopic (exact) mass is 241 g/mol. The summed E-state index contributed by atoms with van der Waals surface area (Å²) in [4.78, 5) is 14.2. The van der Waals surface area contributed by atoms with Gasteiger partial charge >= 0.3 is 18.3 Å². The number of esters is 1. The molecular weight excluding hydrogens is 237 g/mol. The van der Waals surface area contributed by atoms with Crippen molar-refractivity contribution < 1.29 is 31.5 Å². The Kier molecular flexibility index (Phi) is 3.11. The van der Waals surface area contributed by atoms with E-state index in [9.17, 15) is 26.7 Å². The summed E-state index contributed by atoms with van der Waals surface area (Å²) in [6.45, 7) is 0. The van der Waals surface area contributed by atoms with Crippen LogP contribution < -0.4 is 0 Å². The predicted molar refractivity (Wildman–Crippen MR) is 40.7 cm³/mol. The molecule has 0 spiro atoms. The van der Waals surface area contributed by atoms with E-state index in [-0.39, 0.29) is 0 Å². The Hall–Kier alpha value is -1.73. The molecule has 0 aliphatic heterocycles. The first kappa shape index (κ1) is 12.3. The van der Waals surface area contributed by atoms with Crippen LogP contribution >= 0.6 is 0 Å². The molecule has 0 bridgehead atoms. The SMILES string of the molecule is O=C(OC(F)(F)C(F)(F)F)c1cccnc1. The number of rotatable bonds is 2. The van der Waals surface area contributed by atoms with Gasteiger partial charge < -0.3 is 4.74 Å². The highest BCUT2D eigenvalue weighted by Gasteiger charge is 2.62. The number of carbonyl (C=O) groups is 1. The summed E-state index contributed by atoms with van der Waals surface area (Å²) in [6, 6.07) is 2.20. The summed E-state index contributed by atoms with van der Waals surface area (Å²) in [5.41, 5.74) is -0.494. The van der Waals surface area contributed by atoms with E-state index >= 15 is 0 Å². The average Bonchev–Trinajstić information content (AvgIpc) is 2.16. The lowest BCUT2D eigenvalue weighted by Gasteiger charge is -2.18. The molecular formula is C8H4F5NO2. The molecule has 88 valence electrons. The molecule has 16 heavy (non-hydrogen) atoms. The van der Waals surface area contributed by atoms with E-state index in [0.29, 0.717) is 0 Å². The number of pyridine rings is 1. The van der Waals surface area contributed by atoms with Gasteiger partial charge in [0.05, 0.1) is 5.56 Å². The number of nitrogens with zero attached hydrogens (tertiary/aromatic N) is 1. The van der Waals surface area contributed by atoms with Gasteiger partial charge in [0.1, 0.15) is 0 Å². The first-order chi connectivity index (χ1) is 7.24. The van der Waals surface area contributed by atoms with Crippen LogP contribution in [0.5, 0.6) is 0 Å². The molecule has 1 rings (SSSR count). The maximum absolute atomic E-state index is 12.3. The van der Waals surface area contributed by atoms with Gasteiger partial charge in [0.25, 0.3) is 0 Å². The molecule has 8 heteroatoms. The van der Waals surface area contributed by atoms with Gasteiger partial charge in [0, 0.05) is 12.4 Å². The number of hydrogen-bond acceptors (Lipinski definition) is 3. The molecule has 0 aliphatic rings. The van der Waals surface area contributed by atoms with E-state index in [2.05, 4.69) is 9.72 Å². The topological polar surface area (TPSA) is 39.2 Å². The average molecular weight is 241 g/mol. The number of alkyl halides is 5. The van der Waals surface area contributed by atoms with Gasteiger partial charge in [-0.3, -0.25) is 4.98 Å². The molecule has 0 fully saturated rings. The van der Waals surface area contributed by atoms with Crippen molar-refractivity contribution in [1.82, 2.24) is 4.98 Å². The van der Waals surface area contributed by atoms with Crippen molar-refractivity contribution in [3.8, 4) is 0 Å². The van der Waals surface area contributed by atoms with E-state index in [1.807, 2.05) is 0 Å². The van der Waals surface area contributed by atoms with Crippen LogP contribution in [0.3, 0.4) is 0 Å². The lowest BCUT2D eigenvalue weighted by Crippen LogP contribution is -2.40. The first-order valence-electron chi connectivity index (χ1n) is 3.82. The minimum atomic E-state index is -5.94. The van der Waals surface area contributed by atoms with Crippen LogP contribution in [0, 0.1) is 0 Å². The highest BCUT2D eigenvalue weighted by atomic mass is 19.4. The van der Waals surface area contributed by atoms with E-state index in [1.54, 1.807) is 0 Å². The second-order valence-electron chi connectivity index (χ2n) is 2.65. The highest BCUT2D eigenvalue weighted by molar-refractivity contribution is 5.89. The van der Waals surface area contributed by atoms with Crippen LogP contribution in [0.4, 0.5) is 22.0 Å². The minimum Gasteiger partial charge on any atom is -0.390 e. The maximum atomic E-state index is 12.3. The first-order valence-corrected chi connectivity index (χ1v) is 3.82. The molecule has 0 saturated heterocycles. The van der Waals surface area contributed by atoms with E-state index in [1.165, 1.54) is 12.3 Å². The second kappa shape index (κ2) is 4.03. The van der Waals surface area contributed by atoms with Gasteiger partial charge in [-0.25, -0.2) is 4.79 Å². The Morgan fingerprint density at radius 2 is 1.88 bits per heavy atom. The van der Waals surface area contributed by atoms with Crippen LogP contribution in [0.2, 0.25) is 0 Å². The summed E-state index contributed by atoms with van der Waals surface area (Å²) in [5.74, 6) is -1.80. The molecule has 0 amide bonds. The normalized spacial score (nSPS) is 12.3. The third-order valence-electron chi connectivity index (χ3n) is 1.45. The van der Waals surface area contributed by atoms with Crippen molar-refractivity contribution in [1.29, 1.82) is 0 Å². The zero-order valence-electron chi connectivity index (χ0n) is 7.46. The molecule has 1 aromatic heterocycles. The number of carbonyl (C=O) groups excluding carboxylic acids is 1. The third-order valence-corrected chi connectivity index (χ3v) is 1.45. The molecule has 0 atom stereocenters. The zero-order chi connectivity index (χ0) is 12.4. The van der Waals surface area contributed by atoms with E-state index < -0.39 is 23.8 Å². The molecule has 1 aromatic rings. The number of aromatic nitrogens is 1. The van der Waals surface area contributed by atoms with Gasteiger partial charge in [-0.15, -0.1) is 0 Å². The molecule has 0 aliphatic carbocycles. The number of ether oxygens (including phenoxy) is 1. The molecule has 0 aromatic carbocycles. The third kappa shape index (κ3) is 2.65.